The first kappa shape index (κ1) is 25.9. The van der Waals surface area contributed by atoms with Crippen molar-refractivity contribution in [2.75, 3.05) is 37.4 Å². The molecule has 0 radical (unpaired) electrons. The van der Waals surface area contributed by atoms with E-state index < -0.39 is 6.17 Å². The van der Waals surface area contributed by atoms with Gasteiger partial charge in [-0.3, -0.25) is 0 Å². The molecule has 2 aliphatic carbocycles. The minimum Gasteiger partial charge on any atom is -0.496 e. The largest absolute Gasteiger partial charge is 0.496 e. The Morgan fingerprint density at radius 3 is 2.92 bits per heavy atom. The lowest BCUT2D eigenvalue weighted by Crippen LogP contribution is -2.33. The zero-order valence-electron chi connectivity index (χ0n) is 22.4. The highest BCUT2D eigenvalue weighted by atomic mass is 32.1. The summed E-state index contributed by atoms with van der Waals surface area (Å²) in [6, 6.07) is 2.07. The van der Waals surface area contributed by atoms with E-state index in [-0.39, 0.29) is 5.92 Å². The fraction of sp³-hybridized carbons (Fsp3) is 0.448. The van der Waals surface area contributed by atoms with Crippen LogP contribution in [0, 0.1) is 18.8 Å². The Balaban J connectivity index is 1.28. The third kappa shape index (κ3) is 5.53. The van der Waals surface area contributed by atoms with Gasteiger partial charge in [0.05, 0.1) is 13.1 Å². The standard InChI is InChI=1S/C29H34FN7OS/c1-17-23(11-18-3-6-22(30)7-4-18)27(36-26(34-17)15-32-2)37-9-10-38-25-8-5-19(12-21(25)16-37)20-13-24-28(33-14-20)39-29(31)35-24/h3,5-6,8,13-14,18,21-22,32H,4,7,9-12,15-16H2,1-2H3,(H2,31,35). The summed E-state index contributed by atoms with van der Waals surface area (Å²) in [5.74, 6) is 3.24. The molecule has 8 nitrogen and oxygen atoms in total. The lowest BCUT2D eigenvalue weighted by molar-refractivity contribution is 0.202. The number of pyridine rings is 1. The lowest BCUT2D eigenvalue weighted by atomic mass is 9.88. The van der Waals surface area contributed by atoms with Crippen molar-refractivity contribution in [3.05, 3.63) is 65.0 Å². The van der Waals surface area contributed by atoms with Crippen LogP contribution in [0.4, 0.5) is 15.3 Å². The van der Waals surface area contributed by atoms with Gasteiger partial charge in [-0.05, 0) is 68.9 Å². The highest BCUT2D eigenvalue weighted by Crippen LogP contribution is 2.37. The number of thiazole rings is 1. The molecule has 4 heterocycles. The number of alkyl halides is 1. The number of aromatic nitrogens is 4. The first-order chi connectivity index (χ1) is 19.0. The zero-order valence-corrected chi connectivity index (χ0v) is 23.2. The van der Waals surface area contributed by atoms with Crippen LogP contribution >= 0.6 is 11.3 Å². The molecular formula is C29H34FN7OS. The molecule has 3 unspecified atom stereocenters. The van der Waals surface area contributed by atoms with Crippen LogP contribution in [0.3, 0.4) is 0 Å². The summed E-state index contributed by atoms with van der Waals surface area (Å²) in [5.41, 5.74) is 11.1. The topological polar surface area (TPSA) is 102 Å². The van der Waals surface area contributed by atoms with Crippen LogP contribution in [-0.2, 0) is 17.7 Å². The van der Waals surface area contributed by atoms with Crippen LogP contribution in [0.15, 0.2) is 42.3 Å². The summed E-state index contributed by atoms with van der Waals surface area (Å²) >= 11 is 1.40. The second-order valence-corrected chi connectivity index (χ2v) is 11.6. The third-order valence-electron chi connectivity index (χ3n) is 7.77. The van der Waals surface area contributed by atoms with Crippen molar-refractivity contribution in [3.63, 3.8) is 0 Å². The summed E-state index contributed by atoms with van der Waals surface area (Å²) < 4.78 is 20.0. The van der Waals surface area contributed by atoms with E-state index in [0.717, 1.165) is 76.9 Å². The van der Waals surface area contributed by atoms with Gasteiger partial charge in [-0.25, -0.2) is 24.3 Å². The number of anilines is 2. The smallest absolute Gasteiger partial charge is 0.182 e. The van der Waals surface area contributed by atoms with Gasteiger partial charge in [0.2, 0.25) is 0 Å². The van der Waals surface area contributed by atoms with Crippen LogP contribution in [-0.4, -0.2) is 52.9 Å². The highest BCUT2D eigenvalue weighted by molar-refractivity contribution is 7.21. The number of halogens is 1. The SMILES string of the molecule is CNCc1nc(C)c(CC2C=CC(F)CC2)c(N2CCOC3=CC=C(c4cnc5sc(N)nc5c4)CC3C2)n1. The number of hydrogen-bond acceptors (Lipinski definition) is 9. The first-order valence-corrected chi connectivity index (χ1v) is 14.4. The van der Waals surface area contributed by atoms with Crippen molar-refractivity contribution < 1.29 is 9.13 Å². The number of nitrogens with two attached hydrogens (primary N) is 1. The van der Waals surface area contributed by atoms with Gasteiger partial charge in [-0.2, -0.15) is 0 Å². The Bertz CT molecular complexity index is 1470. The number of rotatable bonds is 6. The van der Waals surface area contributed by atoms with E-state index in [9.17, 15) is 4.39 Å². The van der Waals surface area contributed by atoms with Gasteiger partial charge in [0.1, 0.15) is 40.5 Å². The molecule has 1 saturated heterocycles. The van der Waals surface area contributed by atoms with E-state index >= 15 is 0 Å². The van der Waals surface area contributed by atoms with Crippen LogP contribution in [0.1, 0.15) is 41.9 Å². The Morgan fingerprint density at radius 1 is 1.21 bits per heavy atom. The Morgan fingerprint density at radius 2 is 2.10 bits per heavy atom. The Kier molecular flexibility index (Phi) is 7.31. The number of allylic oxidation sites excluding steroid dienone is 5. The van der Waals surface area contributed by atoms with Gasteiger partial charge in [0.15, 0.2) is 5.13 Å². The van der Waals surface area contributed by atoms with Gasteiger partial charge >= 0.3 is 0 Å². The average Bonchev–Trinajstić information content (AvgIpc) is 3.17. The minimum absolute atomic E-state index is 0.182. The zero-order chi connectivity index (χ0) is 26.9. The second kappa shape index (κ2) is 11.0. The van der Waals surface area contributed by atoms with Crippen LogP contribution in [0.5, 0.6) is 0 Å². The Hall–Kier alpha value is -3.37. The van der Waals surface area contributed by atoms with Gasteiger partial charge in [0, 0.05) is 29.9 Å². The fourth-order valence-electron chi connectivity index (χ4n) is 5.78. The maximum Gasteiger partial charge on any atom is 0.182 e. The molecule has 3 aromatic heterocycles. The van der Waals surface area contributed by atoms with Gasteiger partial charge in [-0.1, -0.05) is 29.6 Å². The summed E-state index contributed by atoms with van der Waals surface area (Å²) in [6.07, 6.45) is 12.1. The number of aryl methyl sites for hydroxylation is 1. The Labute approximate surface area is 231 Å². The predicted molar refractivity (Wildman–Crippen MR) is 154 cm³/mol. The second-order valence-electron chi connectivity index (χ2n) is 10.6. The van der Waals surface area contributed by atoms with Crippen molar-refractivity contribution in [3.8, 4) is 0 Å². The molecule has 0 saturated carbocycles. The molecule has 3 N–H and O–H groups in total. The van der Waals surface area contributed by atoms with E-state index in [1.807, 2.05) is 19.3 Å². The van der Waals surface area contributed by atoms with Crippen molar-refractivity contribution >= 4 is 38.2 Å². The molecule has 3 aliphatic rings. The molecular weight excluding hydrogens is 513 g/mol. The van der Waals surface area contributed by atoms with Crippen LogP contribution < -0.4 is 16.0 Å². The molecule has 0 amide bonds. The molecule has 6 rings (SSSR count). The molecule has 3 aromatic rings. The maximum atomic E-state index is 13.8. The minimum atomic E-state index is -0.832. The van der Waals surface area contributed by atoms with E-state index in [0.29, 0.717) is 30.6 Å². The number of nitrogen functional groups attached to an aromatic ring is 1. The molecule has 39 heavy (non-hydrogen) atoms. The lowest BCUT2D eigenvalue weighted by Gasteiger charge is -2.30. The molecule has 204 valence electrons. The maximum absolute atomic E-state index is 13.8. The van der Waals surface area contributed by atoms with Crippen LogP contribution in [0.25, 0.3) is 15.9 Å². The monoisotopic (exact) mass is 547 g/mol. The van der Waals surface area contributed by atoms with Gasteiger partial charge in [-0.15, -0.1) is 0 Å². The summed E-state index contributed by atoms with van der Waals surface area (Å²) in [4.78, 5) is 22.1. The van der Waals surface area contributed by atoms with Crippen molar-refractivity contribution in [1.82, 2.24) is 25.3 Å². The van der Waals surface area contributed by atoms with Gasteiger partial charge in [0.25, 0.3) is 0 Å². The number of hydrogen-bond donors (Lipinski definition) is 2. The van der Waals surface area contributed by atoms with E-state index in [1.165, 1.54) is 16.9 Å². The highest BCUT2D eigenvalue weighted by Gasteiger charge is 2.30. The molecule has 0 spiro atoms. The number of fused-ring (bicyclic) bond motifs is 2. The molecule has 0 bridgehead atoms. The molecule has 1 aliphatic heterocycles. The average molecular weight is 548 g/mol. The van der Waals surface area contributed by atoms with E-state index in [2.05, 4.69) is 45.3 Å². The van der Waals surface area contributed by atoms with Crippen molar-refractivity contribution in [2.24, 2.45) is 11.8 Å². The molecule has 3 atom stereocenters. The van der Waals surface area contributed by atoms with Crippen molar-refractivity contribution in [2.45, 2.75) is 45.3 Å². The van der Waals surface area contributed by atoms with Gasteiger partial charge < -0.3 is 20.7 Å². The quantitative estimate of drug-likeness (QED) is 0.426. The fourth-order valence-corrected chi connectivity index (χ4v) is 6.43. The van der Waals surface area contributed by atoms with Crippen molar-refractivity contribution in [1.29, 1.82) is 0 Å². The third-order valence-corrected chi connectivity index (χ3v) is 8.58. The number of nitrogens with zero attached hydrogens (tertiary/aromatic N) is 5. The first-order valence-electron chi connectivity index (χ1n) is 13.6. The summed E-state index contributed by atoms with van der Waals surface area (Å²) in [6.45, 7) is 4.79. The molecule has 10 heteroatoms. The summed E-state index contributed by atoms with van der Waals surface area (Å²) in [5, 5.41) is 3.72. The van der Waals surface area contributed by atoms with E-state index in [4.69, 9.17) is 20.4 Å². The number of nitrogens with one attached hydrogen (secondary N) is 1. The molecule has 0 aromatic carbocycles. The summed E-state index contributed by atoms with van der Waals surface area (Å²) in [7, 11) is 1.91. The molecule has 1 fully saturated rings. The van der Waals surface area contributed by atoms with Crippen LogP contribution in [0.2, 0.25) is 0 Å². The normalized spacial score (nSPS) is 23.2. The number of ether oxygens (including phenoxy) is 1. The van der Waals surface area contributed by atoms with E-state index in [1.54, 1.807) is 6.08 Å². The predicted octanol–water partition coefficient (Wildman–Crippen LogP) is 4.76.